The van der Waals surface area contributed by atoms with Crippen molar-refractivity contribution in [3.63, 3.8) is 0 Å². The van der Waals surface area contributed by atoms with Gasteiger partial charge in [-0.3, -0.25) is 4.79 Å². The fraction of sp³-hybridized carbons (Fsp3) is 0.455. The molecule has 2 rings (SSSR count). The van der Waals surface area contributed by atoms with Crippen LogP contribution in [0.25, 0.3) is 0 Å². The fourth-order valence-corrected chi connectivity index (χ4v) is 2.26. The third-order valence-corrected chi connectivity index (χ3v) is 3.32. The Kier molecular flexibility index (Phi) is 3.38. The molecular formula is C11H15ClN4O. The molecule has 1 amide bonds. The second-order valence-corrected chi connectivity index (χ2v) is 4.62. The Morgan fingerprint density at radius 1 is 1.47 bits per heavy atom. The lowest BCUT2D eigenvalue weighted by Crippen LogP contribution is -2.38. The van der Waals surface area contributed by atoms with Gasteiger partial charge in [-0.15, -0.1) is 0 Å². The van der Waals surface area contributed by atoms with Gasteiger partial charge in [-0.2, -0.15) is 0 Å². The summed E-state index contributed by atoms with van der Waals surface area (Å²) in [5.74, 6) is -0.241. The lowest BCUT2D eigenvalue weighted by molar-refractivity contribution is -0.122. The number of nitrogens with two attached hydrogens (primary N) is 2. The number of carbonyl (C=O) groups excluding carboxylic acids is 1. The summed E-state index contributed by atoms with van der Waals surface area (Å²) in [7, 11) is 0. The van der Waals surface area contributed by atoms with E-state index >= 15 is 0 Å². The van der Waals surface area contributed by atoms with Crippen molar-refractivity contribution < 1.29 is 4.79 Å². The molecule has 0 saturated carbocycles. The molecule has 0 bridgehead atoms. The van der Waals surface area contributed by atoms with Crippen LogP contribution in [0.5, 0.6) is 0 Å². The van der Waals surface area contributed by atoms with Crippen LogP contribution in [0, 0.1) is 5.92 Å². The van der Waals surface area contributed by atoms with Crippen molar-refractivity contribution in [3.05, 3.63) is 17.4 Å². The molecule has 1 aliphatic rings. The smallest absolute Gasteiger partial charge is 0.220 e. The van der Waals surface area contributed by atoms with Gasteiger partial charge in [0.2, 0.25) is 5.91 Å². The van der Waals surface area contributed by atoms with Crippen LogP contribution in [0.1, 0.15) is 12.8 Å². The van der Waals surface area contributed by atoms with Gasteiger partial charge >= 0.3 is 0 Å². The van der Waals surface area contributed by atoms with Crippen LogP contribution in [-0.4, -0.2) is 24.0 Å². The van der Waals surface area contributed by atoms with Crippen molar-refractivity contribution in [1.29, 1.82) is 0 Å². The Labute approximate surface area is 105 Å². The zero-order chi connectivity index (χ0) is 12.4. The zero-order valence-corrected chi connectivity index (χ0v) is 10.2. The predicted octanol–water partition coefficient (Wildman–Crippen LogP) is 1.02. The number of nitrogens with zero attached hydrogens (tertiary/aromatic N) is 2. The van der Waals surface area contributed by atoms with E-state index in [4.69, 9.17) is 23.1 Å². The van der Waals surface area contributed by atoms with Crippen LogP contribution in [0.15, 0.2) is 12.3 Å². The van der Waals surface area contributed by atoms with Crippen molar-refractivity contribution in [1.82, 2.24) is 4.98 Å². The maximum absolute atomic E-state index is 11.1. The molecule has 1 aromatic heterocycles. The first-order chi connectivity index (χ1) is 8.08. The number of rotatable bonds is 2. The number of hydrogen-bond acceptors (Lipinski definition) is 4. The van der Waals surface area contributed by atoms with E-state index in [0.29, 0.717) is 10.8 Å². The highest BCUT2D eigenvalue weighted by Crippen LogP contribution is 2.29. The maximum atomic E-state index is 11.1. The average Bonchev–Trinajstić information content (AvgIpc) is 2.32. The normalized spacial score (nSPS) is 17.1. The molecular weight excluding hydrogens is 240 g/mol. The summed E-state index contributed by atoms with van der Waals surface area (Å²) in [4.78, 5) is 17.1. The van der Waals surface area contributed by atoms with E-state index in [9.17, 15) is 4.79 Å². The van der Waals surface area contributed by atoms with E-state index in [1.165, 1.54) is 0 Å². The Morgan fingerprint density at radius 3 is 2.71 bits per heavy atom. The number of piperidine rings is 1. The second-order valence-electron chi connectivity index (χ2n) is 4.23. The number of halogens is 1. The monoisotopic (exact) mass is 254 g/mol. The van der Waals surface area contributed by atoms with Gasteiger partial charge in [0.25, 0.3) is 0 Å². The Bertz CT molecular complexity index is 429. The van der Waals surface area contributed by atoms with Gasteiger partial charge in [-0.05, 0) is 12.8 Å². The van der Waals surface area contributed by atoms with E-state index in [0.717, 1.165) is 31.6 Å². The lowest BCUT2D eigenvalue weighted by atomic mass is 9.96. The van der Waals surface area contributed by atoms with Crippen molar-refractivity contribution in [2.24, 2.45) is 11.7 Å². The van der Waals surface area contributed by atoms with Gasteiger partial charge < -0.3 is 16.4 Å². The number of primary amides is 1. The first kappa shape index (κ1) is 12.0. The topological polar surface area (TPSA) is 85.2 Å². The van der Waals surface area contributed by atoms with Crippen LogP contribution in [0.4, 0.5) is 11.4 Å². The molecule has 0 spiro atoms. The molecule has 4 N–H and O–H groups in total. The number of nitrogen functional groups attached to an aromatic ring is 1. The van der Waals surface area contributed by atoms with Crippen LogP contribution in [0.3, 0.4) is 0 Å². The lowest BCUT2D eigenvalue weighted by Gasteiger charge is -2.32. The van der Waals surface area contributed by atoms with E-state index in [1.807, 2.05) is 0 Å². The second kappa shape index (κ2) is 4.79. The summed E-state index contributed by atoms with van der Waals surface area (Å²) in [5, 5.41) is 0.422. The summed E-state index contributed by atoms with van der Waals surface area (Å²) in [5.41, 5.74) is 12.6. The highest BCUT2D eigenvalue weighted by Gasteiger charge is 2.24. The Hall–Kier alpha value is -1.49. The molecule has 5 nitrogen and oxygen atoms in total. The van der Waals surface area contributed by atoms with Gasteiger partial charge in [0.05, 0.1) is 17.6 Å². The summed E-state index contributed by atoms with van der Waals surface area (Å²) < 4.78 is 0. The molecule has 0 unspecified atom stereocenters. The first-order valence-electron chi connectivity index (χ1n) is 5.53. The number of hydrogen-bond donors (Lipinski definition) is 2. The highest BCUT2D eigenvalue weighted by molar-refractivity contribution is 6.29. The number of amides is 1. The summed E-state index contributed by atoms with van der Waals surface area (Å²) >= 11 is 5.85. The van der Waals surface area contributed by atoms with Gasteiger partial charge in [-0.25, -0.2) is 4.98 Å². The minimum absolute atomic E-state index is 0.0233. The van der Waals surface area contributed by atoms with Gasteiger partial charge in [0, 0.05) is 25.1 Å². The number of pyridine rings is 1. The quantitative estimate of drug-likeness (QED) is 0.772. The molecule has 2 heterocycles. The third kappa shape index (κ3) is 2.61. The summed E-state index contributed by atoms with van der Waals surface area (Å²) in [6.45, 7) is 1.52. The Morgan fingerprint density at radius 2 is 2.12 bits per heavy atom. The molecule has 6 heteroatoms. The molecule has 0 radical (unpaired) electrons. The predicted molar refractivity (Wildman–Crippen MR) is 67.8 cm³/mol. The van der Waals surface area contributed by atoms with E-state index in [2.05, 4.69) is 9.88 Å². The van der Waals surface area contributed by atoms with E-state index < -0.39 is 0 Å². The van der Waals surface area contributed by atoms with Crippen LogP contribution >= 0.6 is 11.6 Å². The molecule has 17 heavy (non-hydrogen) atoms. The van der Waals surface area contributed by atoms with Crippen LogP contribution in [0.2, 0.25) is 5.15 Å². The molecule has 0 atom stereocenters. The van der Waals surface area contributed by atoms with Crippen molar-refractivity contribution in [2.75, 3.05) is 23.7 Å². The van der Waals surface area contributed by atoms with Crippen LogP contribution < -0.4 is 16.4 Å². The standard InChI is InChI=1S/C11H15ClN4O/c12-10-5-9(8(13)6-15-10)16-3-1-7(2-4-16)11(14)17/h5-7H,1-4,13H2,(H2,14,17). The van der Waals surface area contributed by atoms with Crippen molar-refractivity contribution >= 4 is 28.9 Å². The van der Waals surface area contributed by atoms with Crippen molar-refractivity contribution in [3.8, 4) is 0 Å². The zero-order valence-electron chi connectivity index (χ0n) is 9.40. The molecule has 1 aromatic rings. The molecule has 0 aromatic carbocycles. The minimum atomic E-state index is -0.217. The molecule has 1 saturated heterocycles. The Balaban J connectivity index is 2.10. The third-order valence-electron chi connectivity index (χ3n) is 3.12. The highest BCUT2D eigenvalue weighted by atomic mass is 35.5. The minimum Gasteiger partial charge on any atom is -0.396 e. The van der Waals surface area contributed by atoms with Gasteiger partial charge in [0.1, 0.15) is 5.15 Å². The first-order valence-corrected chi connectivity index (χ1v) is 5.91. The molecule has 1 aliphatic heterocycles. The van der Waals surface area contributed by atoms with Crippen LogP contribution in [-0.2, 0) is 4.79 Å². The number of carbonyl (C=O) groups is 1. The van der Waals surface area contributed by atoms with Gasteiger partial charge in [0.15, 0.2) is 0 Å². The maximum Gasteiger partial charge on any atom is 0.220 e. The van der Waals surface area contributed by atoms with E-state index in [1.54, 1.807) is 12.3 Å². The molecule has 1 fully saturated rings. The number of aromatic nitrogens is 1. The molecule has 0 aliphatic carbocycles. The summed E-state index contributed by atoms with van der Waals surface area (Å²) in [6.07, 6.45) is 3.07. The van der Waals surface area contributed by atoms with E-state index in [-0.39, 0.29) is 11.8 Å². The van der Waals surface area contributed by atoms with Crippen molar-refractivity contribution in [2.45, 2.75) is 12.8 Å². The SMILES string of the molecule is NC(=O)C1CCN(c2cc(Cl)ncc2N)CC1. The average molecular weight is 255 g/mol. The summed E-state index contributed by atoms with van der Waals surface area (Å²) in [6, 6.07) is 1.75. The van der Waals surface area contributed by atoms with Gasteiger partial charge in [-0.1, -0.05) is 11.6 Å². The largest absolute Gasteiger partial charge is 0.396 e. The fourth-order valence-electron chi connectivity index (χ4n) is 2.11. The number of anilines is 2. The molecule has 92 valence electrons.